The first-order valence-corrected chi connectivity index (χ1v) is 6.91. The Bertz CT molecular complexity index is 276. The fourth-order valence-corrected chi connectivity index (χ4v) is 2.23. The quantitative estimate of drug-likeness (QED) is 0.694. The van der Waals surface area contributed by atoms with Gasteiger partial charge < -0.3 is 0 Å². The van der Waals surface area contributed by atoms with Crippen LogP contribution in [0.25, 0.3) is 0 Å². The molecule has 0 aromatic carbocycles. The summed E-state index contributed by atoms with van der Waals surface area (Å²) in [6, 6.07) is 0.377. The van der Waals surface area contributed by atoms with Gasteiger partial charge in [-0.2, -0.15) is 0 Å². The van der Waals surface area contributed by atoms with Crippen molar-refractivity contribution in [1.29, 1.82) is 0 Å². The molecule has 0 aliphatic rings. The Morgan fingerprint density at radius 1 is 1.06 bits per heavy atom. The van der Waals surface area contributed by atoms with Crippen LogP contribution in [-0.2, 0) is 0 Å². The smallest absolute Gasteiger partial charge is 0.0712 e. The van der Waals surface area contributed by atoms with E-state index in [-0.39, 0.29) is 0 Å². The summed E-state index contributed by atoms with van der Waals surface area (Å²) in [5, 5.41) is 0. The molecule has 0 spiro atoms. The highest BCUT2D eigenvalue weighted by Gasteiger charge is 2.19. The molecule has 0 amide bonds. The van der Waals surface area contributed by atoms with E-state index in [9.17, 15) is 0 Å². The molecule has 2 heteroatoms. The Kier molecular flexibility index (Phi) is 7.59. The van der Waals surface area contributed by atoms with Gasteiger partial charge in [0.1, 0.15) is 0 Å². The van der Waals surface area contributed by atoms with Gasteiger partial charge in [0.15, 0.2) is 0 Å². The molecular weight excluding hydrogens is 220 g/mol. The molecule has 106 valence electrons. The first kappa shape index (κ1) is 17.5. The lowest BCUT2D eigenvalue weighted by atomic mass is 9.83. The standard InChI is InChI=1S/C16H32N2/c1-14(13-16(2,3)4)12-15(18(7)8)10-9-11-17(5)6/h14-15H,11-13H2,1-8H3. The van der Waals surface area contributed by atoms with Crippen molar-refractivity contribution in [3.8, 4) is 11.8 Å². The summed E-state index contributed by atoms with van der Waals surface area (Å²) in [6.07, 6.45) is 2.41. The lowest BCUT2D eigenvalue weighted by molar-refractivity contribution is 0.246. The van der Waals surface area contributed by atoms with Crippen molar-refractivity contribution in [2.45, 2.75) is 46.6 Å². The highest BCUT2D eigenvalue weighted by atomic mass is 15.1. The van der Waals surface area contributed by atoms with E-state index in [1.165, 1.54) is 6.42 Å². The van der Waals surface area contributed by atoms with Gasteiger partial charge >= 0.3 is 0 Å². The second-order valence-electron chi connectivity index (χ2n) is 7.14. The van der Waals surface area contributed by atoms with Crippen LogP contribution >= 0.6 is 0 Å². The van der Waals surface area contributed by atoms with E-state index in [1.807, 2.05) is 0 Å². The van der Waals surface area contributed by atoms with E-state index < -0.39 is 0 Å². The third kappa shape index (κ3) is 9.50. The first-order valence-electron chi connectivity index (χ1n) is 6.91. The molecule has 18 heavy (non-hydrogen) atoms. The van der Waals surface area contributed by atoms with Crippen molar-refractivity contribution in [2.75, 3.05) is 34.7 Å². The fraction of sp³-hybridized carbons (Fsp3) is 0.875. The lowest BCUT2D eigenvalue weighted by Gasteiger charge is -2.27. The molecule has 2 unspecified atom stereocenters. The predicted molar refractivity (Wildman–Crippen MR) is 81.7 cm³/mol. The Balaban J connectivity index is 4.39. The molecule has 0 N–H and O–H groups in total. The maximum absolute atomic E-state index is 3.40. The minimum Gasteiger partial charge on any atom is -0.299 e. The zero-order chi connectivity index (χ0) is 14.3. The molecule has 0 radical (unpaired) electrons. The Hall–Kier alpha value is -0.520. The Morgan fingerprint density at radius 3 is 2.00 bits per heavy atom. The van der Waals surface area contributed by atoms with E-state index in [4.69, 9.17) is 0 Å². The zero-order valence-electron chi connectivity index (χ0n) is 13.7. The monoisotopic (exact) mass is 252 g/mol. The molecule has 0 fully saturated rings. The minimum atomic E-state index is 0.377. The van der Waals surface area contributed by atoms with E-state index in [1.54, 1.807) is 0 Å². The van der Waals surface area contributed by atoms with Crippen LogP contribution in [0.5, 0.6) is 0 Å². The van der Waals surface area contributed by atoms with Gasteiger partial charge in [-0.15, -0.1) is 0 Å². The highest BCUT2D eigenvalue weighted by molar-refractivity contribution is 5.09. The van der Waals surface area contributed by atoms with Crippen LogP contribution in [0.4, 0.5) is 0 Å². The van der Waals surface area contributed by atoms with Gasteiger partial charge in [-0.05, 0) is 52.4 Å². The molecule has 0 aromatic heterocycles. The minimum absolute atomic E-state index is 0.377. The van der Waals surface area contributed by atoms with Crippen molar-refractivity contribution in [3.05, 3.63) is 0 Å². The van der Waals surface area contributed by atoms with Crippen LogP contribution in [0, 0.1) is 23.2 Å². The van der Waals surface area contributed by atoms with Gasteiger partial charge in [-0.1, -0.05) is 39.5 Å². The van der Waals surface area contributed by atoms with Crippen LogP contribution in [0.3, 0.4) is 0 Å². The molecular formula is C16H32N2. The third-order valence-electron chi connectivity index (χ3n) is 2.87. The second-order valence-corrected chi connectivity index (χ2v) is 7.14. The summed E-state index contributed by atoms with van der Waals surface area (Å²) in [6.45, 7) is 10.1. The van der Waals surface area contributed by atoms with E-state index >= 15 is 0 Å². The number of rotatable bonds is 5. The SMILES string of the molecule is CC(CC(C#CCN(C)C)N(C)C)CC(C)(C)C. The topological polar surface area (TPSA) is 6.48 Å². The number of nitrogens with zero attached hydrogens (tertiary/aromatic N) is 2. The molecule has 2 atom stereocenters. The summed E-state index contributed by atoms with van der Waals surface area (Å²) in [5.74, 6) is 7.38. The normalized spacial score (nSPS) is 15.4. The van der Waals surface area contributed by atoms with Gasteiger partial charge in [0.05, 0.1) is 12.6 Å². The molecule has 0 aromatic rings. The summed E-state index contributed by atoms with van der Waals surface area (Å²) in [5.41, 5.74) is 0.410. The largest absolute Gasteiger partial charge is 0.299 e. The molecule has 0 aliphatic heterocycles. The van der Waals surface area contributed by atoms with E-state index in [0.29, 0.717) is 17.4 Å². The van der Waals surface area contributed by atoms with Crippen LogP contribution in [0.15, 0.2) is 0 Å². The average molecular weight is 252 g/mol. The molecule has 0 saturated carbocycles. The highest BCUT2D eigenvalue weighted by Crippen LogP contribution is 2.27. The summed E-state index contributed by atoms with van der Waals surface area (Å²) < 4.78 is 0. The molecule has 0 heterocycles. The van der Waals surface area contributed by atoms with Gasteiger partial charge in [-0.25, -0.2) is 0 Å². The predicted octanol–water partition coefficient (Wildman–Crippen LogP) is 2.94. The molecule has 0 rings (SSSR count). The van der Waals surface area contributed by atoms with E-state index in [0.717, 1.165) is 13.0 Å². The van der Waals surface area contributed by atoms with Gasteiger partial charge in [0, 0.05) is 0 Å². The molecule has 0 saturated heterocycles. The maximum Gasteiger partial charge on any atom is 0.0712 e. The molecule has 0 bridgehead atoms. The Labute approximate surface area is 115 Å². The van der Waals surface area contributed by atoms with Gasteiger partial charge in [0.25, 0.3) is 0 Å². The Morgan fingerprint density at radius 2 is 1.61 bits per heavy atom. The van der Waals surface area contributed by atoms with Crippen LogP contribution in [-0.4, -0.2) is 50.6 Å². The molecule has 0 aliphatic carbocycles. The maximum atomic E-state index is 3.40. The van der Waals surface area contributed by atoms with Crippen LogP contribution in [0.2, 0.25) is 0 Å². The van der Waals surface area contributed by atoms with Crippen molar-refractivity contribution < 1.29 is 0 Å². The third-order valence-corrected chi connectivity index (χ3v) is 2.87. The summed E-state index contributed by atoms with van der Waals surface area (Å²) >= 11 is 0. The number of hydrogen-bond donors (Lipinski definition) is 0. The van der Waals surface area contributed by atoms with Crippen molar-refractivity contribution in [2.24, 2.45) is 11.3 Å². The fourth-order valence-electron chi connectivity index (χ4n) is 2.23. The van der Waals surface area contributed by atoms with Crippen molar-refractivity contribution in [1.82, 2.24) is 9.80 Å². The summed E-state index contributed by atoms with van der Waals surface area (Å²) in [4.78, 5) is 4.35. The lowest BCUT2D eigenvalue weighted by Crippen LogP contribution is -2.29. The van der Waals surface area contributed by atoms with Gasteiger partial charge in [0.2, 0.25) is 0 Å². The van der Waals surface area contributed by atoms with Crippen LogP contribution in [0.1, 0.15) is 40.5 Å². The zero-order valence-corrected chi connectivity index (χ0v) is 13.7. The van der Waals surface area contributed by atoms with Gasteiger partial charge in [-0.3, -0.25) is 9.80 Å². The number of hydrogen-bond acceptors (Lipinski definition) is 2. The van der Waals surface area contributed by atoms with Crippen molar-refractivity contribution >= 4 is 0 Å². The second kappa shape index (κ2) is 7.81. The average Bonchev–Trinajstić information content (AvgIpc) is 2.12. The van der Waals surface area contributed by atoms with E-state index in [2.05, 4.69) is 77.5 Å². The summed E-state index contributed by atoms with van der Waals surface area (Å²) in [7, 11) is 8.36. The molecule has 2 nitrogen and oxygen atoms in total. The van der Waals surface area contributed by atoms with Crippen LogP contribution < -0.4 is 0 Å². The first-order chi connectivity index (χ1) is 8.11. The van der Waals surface area contributed by atoms with Crippen molar-refractivity contribution in [3.63, 3.8) is 0 Å².